The topological polar surface area (TPSA) is 39.1 Å². The number of unbranched alkanes of at least 4 members (excludes halogenated alkanes) is 13. The predicted molar refractivity (Wildman–Crippen MR) is 160 cm³/mol. The van der Waals surface area contributed by atoms with Gasteiger partial charge >= 0.3 is 0 Å². The number of carbonyl (C=O) groups excluding carboxylic acids is 2. The van der Waals surface area contributed by atoms with E-state index < -0.39 is 0 Å². The van der Waals surface area contributed by atoms with Crippen molar-refractivity contribution in [1.29, 1.82) is 0 Å². The second-order valence-corrected chi connectivity index (χ2v) is 10.9. The third kappa shape index (κ3) is 8.58. The van der Waals surface area contributed by atoms with Crippen molar-refractivity contribution >= 4 is 56.6 Å². The van der Waals surface area contributed by atoms with Gasteiger partial charge in [0.05, 0.1) is 11.8 Å². The highest BCUT2D eigenvalue weighted by molar-refractivity contribution is 6.31. The normalized spacial score (nSPS) is 11.5. The monoisotopic (exact) mass is 543 g/mol. The fourth-order valence-electron chi connectivity index (χ4n) is 5.31. The van der Waals surface area contributed by atoms with Gasteiger partial charge in [-0.1, -0.05) is 90.4 Å². The van der Waals surface area contributed by atoms with Gasteiger partial charge in [-0.25, -0.2) is 0 Å². The smallest absolute Gasteiger partial charge is 0.177 e. The highest BCUT2D eigenvalue weighted by Gasteiger charge is 2.15. The maximum Gasteiger partial charge on any atom is 0.177 e. The minimum Gasteiger partial charge on any atom is -0.340 e. The molecule has 1 aromatic heterocycles. The zero-order chi connectivity index (χ0) is 26.5. The molecule has 0 radical (unpaired) electrons. The Morgan fingerprint density at radius 3 is 1.35 bits per heavy atom. The lowest BCUT2D eigenvalue weighted by Gasteiger charge is -2.08. The lowest BCUT2D eigenvalue weighted by Crippen LogP contribution is -2.01. The van der Waals surface area contributed by atoms with Gasteiger partial charge in [-0.15, -0.1) is 23.2 Å². The number of fused-ring (bicyclic) bond motifs is 3. The molecule has 0 saturated carbocycles. The number of aromatic nitrogens is 1. The van der Waals surface area contributed by atoms with Crippen molar-refractivity contribution in [3.8, 4) is 0 Å². The van der Waals surface area contributed by atoms with Crippen LogP contribution in [0.5, 0.6) is 0 Å². The molecule has 202 valence electrons. The van der Waals surface area contributed by atoms with Crippen LogP contribution in [-0.4, -0.2) is 27.9 Å². The first-order valence-electron chi connectivity index (χ1n) is 14.3. The molecular formula is C32H43Cl2NO2. The van der Waals surface area contributed by atoms with Crippen LogP contribution in [-0.2, 0) is 6.54 Å². The van der Waals surface area contributed by atoms with E-state index in [4.69, 9.17) is 23.2 Å². The van der Waals surface area contributed by atoms with Crippen molar-refractivity contribution < 1.29 is 9.59 Å². The second kappa shape index (κ2) is 16.2. The summed E-state index contributed by atoms with van der Waals surface area (Å²) in [5, 5.41) is 1.97. The van der Waals surface area contributed by atoms with E-state index in [1.54, 1.807) is 0 Å². The predicted octanol–water partition coefficient (Wildman–Crippen LogP) is 10.1. The molecule has 3 aromatic rings. The molecule has 2 aromatic carbocycles. The summed E-state index contributed by atoms with van der Waals surface area (Å²) in [4.78, 5) is 24.5. The molecule has 0 N–H and O–H groups in total. The number of hydrogen-bond donors (Lipinski definition) is 0. The van der Waals surface area contributed by atoms with Gasteiger partial charge in [0.25, 0.3) is 0 Å². The number of halogens is 2. The summed E-state index contributed by atoms with van der Waals surface area (Å²) in [7, 11) is 0. The SMILES string of the molecule is CCCCCCCCCCCCCCCCn1c2ccc(C(=O)CCl)cc2c2cc(C(=O)CCl)ccc21. The van der Waals surface area contributed by atoms with Crippen LogP contribution in [0.4, 0.5) is 0 Å². The molecule has 3 rings (SSSR count). The van der Waals surface area contributed by atoms with Crippen molar-refractivity contribution in [2.24, 2.45) is 0 Å². The van der Waals surface area contributed by atoms with Crippen LogP contribution in [0.1, 0.15) is 118 Å². The Hall–Kier alpha value is -1.84. The van der Waals surface area contributed by atoms with E-state index >= 15 is 0 Å². The Labute approximate surface area is 232 Å². The maximum atomic E-state index is 12.2. The maximum absolute atomic E-state index is 12.2. The third-order valence-corrected chi connectivity index (χ3v) is 7.97. The minimum absolute atomic E-state index is 0.0425. The van der Waals surface area contributed by atoms with Crippen molar-refractivity contribution in [1.82, 2.24) is 4.57 Å². The Morgan fingerprint density at radius 2 is 0.973 bits per heavy atom. The average molecular weight is 545 g/mol. The molecule has 3 nitrogen and oxygen atoms in total. The molecule has 0 spiro atoms. The van der Waals surface area contributed by atoms with Crippen LogP contribution in [0.2, 0.25) is 0 Å². The van der Waals surface area contributed by atoms with Crippen molar-refractivity contribution in [2.45, 2.75) is 103 Å². The number of ketones is 2. The number of carbonyl (C=O) groups is 2. The summed E-state index contributed by atoms with van der Waals surface area (Å²) in [5.41, 5.74) is 3.39. The Kier molecular flexibility index (Phi) is 13.0. The average Bonchev–Trinajstić information content (AvgIpc) is 3.24. The largest absolute Gasteiger partial charge is 0.340 e. The zero-order valence-corrected chi connectivity index (χ0v) is 24.0. The Morgan fingerprint density at radius 1 is 0.595 bits per heavy atom. The van der Waals surface area contributed by atoms with Crippen LogP contribution in [0.15, 0.2) is 36.4 Å². The highest BCUT2D eigenvalue weighted by atomic mass is 35.5. The summed E-state index contributed by atoms with van der Waals surface area (Å²) >= 11 is 11.6. The van der Waals surface area contributed by atoms with Crippen LogP contribution in [0.3, 0.4) is 0 Å². The van der Waals surface area contributed by atoms with Crippen LogP contribution in [0.25, 0.3) is 21.8 Å². The molecule has 0 aliphatic heterocycles. The number of nitrogens with zero attached hydrogens (tertiary/aromatic N) is 1. The Bertz CT molecular complexity index is 1080. The number of hydrogen-bond acceptors (Lipinski definition) is 2. The summed E-state index contributed by atoms with van der Waals surface area (Å²) in [6, 6.07) is 11.6. The zero-order valence-electron chi connectivity index (χ0n) is 22.5. The number of Topliss-reactive ketones (excluding diaryl/α,β-unsaturated/α-hetero) is 2. The van der Waals surface area contributed by atoms with Crippen LogP contribution in [0, 0.1) is 0 Å². The van der Waals surface area contributed by atoms with E-state index in [1.165, 1.54) is 83.5 Å². The molecule has 0 aliphatic rings. The highest BCUT2D eigenvalue weighted by Crippen LogP contribution is 2.32. The van der Waals surface area contributed by atoms with Crippen molar-refractivity contribution in [3.05, 3.63) is 47.5 Å². The number of alkyl halides is 2. The molecule has 0 atom stereocenters. The van der Waals surface area contributed by atoms with E-state index in [-0.39, 0.29) is 23.3 Å². The molecule has 0 unspecified atom stereocenters. The standard InChI is InChI=1S/C32H43Cl2NO2/c1-2-3-4-5-6-7-8-9-10-11-12-13-14-15-20-35-29-18-16-25(31(36)23-33)21-27(29)28-22-26(32(37)24-34)17-19-30(28)35/h16-19,21-22H,2-15,20,23-24H2,1H3. The van der Waals surface area contributed by atoms with E-state index in [2.05, 4.69) is 11.5 Å². The van der Waals surface area contributed by atoms with Gasteiger partial charge < -0.3 is 4.57 Å². The molecule has 0 fully saturated rings. The van der Waals surface area contributed by atoms with Gasteiger partial charge in [-0.05, 0) is 42.8 Å². The van der Waals surface area contributed by atoms with E-state index in [0.29, 0.717) is 11.1 Å². The van der Waals surface area contributed by atoms with Gasteiger partial charge in [0.15, 0.2) is 11.6 Å². The molecule has 0 aliphatic carbocycles. The molecule has 5 heteroatoms. The van der Waals surface area contributed by atoms with Crippen LogP contribution >= 0.6 is 23.2 Å². The summed E-state index contributed by atoms with van der Waals surface area (Å²) in [6.45, 7) is 3.19. The fourth-order valence-corrected chi connectivity index (χ4v) is 5.62. The van der Waals surface area contributed by atoms with Crippen LogP contribution < -0.4 is 0 Å². The van der Waals surface area contributed by atoms with Gasteiger partial charge in [0.1, 0.15) is 0 Å². The second-order valence-electron chi connectivity index (χ2n) is 10.3. The summed E-state index contributed by atoms with van der Waals surface area (Å²) in [5.74, 6) is -0.271. The fraction of sp³-hybridized carbons (Fsp3) is 0.562. The molecule has 37 heavy (non-hydrogen) atoms. The Balaban J connectivity index is 1.52. The van der Waals surface area contributed by atoms with Crippen molar-refractivity contribution in [3.63, 3.8) is 0 Å². The quantitative estimate of drug-likeness (QED) is 0.0856. The van der Waals surface area contributed by atoms with Crippen molar-refractivity contribution in [2.75, 3.05) is 11.8 Å². The summed E-state index contributed by atoms with van der Waals surface area (Å²) < 4.78 is 2.33. The van der Waals surface area contributed by atoms with E-state index in [9.17, 15) is 9.59 Å². The van der Waals surface area contributed by atoms with E-state index in [1.807, 2.05) is 36.4 Å². The molecule has 0 saturated heterocycles. The molecule has 1 heterocycles. The molecule has 0 bridgehead atoms. The number of rotatable bonds is 19. The first-order chi connectivity index (χ1) is 18.1. The van der Waals surface area contributed by atoms with Gasteiger partial charge in [-0.2, -0.15) is 0 Å². The molecular weight excluding hydrogens is 501 g/mol. The molecule has 0 amide bonds. The lowest BCUT2D eigenvalue weighted by atomic mass is 10.0. The first-order valence-corrected chi connectivity index (χ1v) is 15.4. The van der Waals surface area contributed by atoms with Gasteiger partial charge in [-0.3, -0.25) is 9.59 Å². The first kappa shape index (κ1) is 29.7. The lowest BCUT2D eigenvalue weighted by molar-refractivity contribution is 0.101. The minimum atomic E-state index is -0.0931. The van der Waals surface area contributed by atoms with Gasteiger partial charge in [0.2, 0.25) is 0 Å². The third-order valence-electron chi connectivity index (χ3n) is 7.49. The van der Waals surface area contributed by atoms with E-state index in [0.717, 1.165) is 34.8 Å². The number of aryl methyl sites for hydroxylation is 1. The van der Waals surface area contributed by atoms with Gasteiger partial charge in [0, 0.05) is 39.5 Å². The summed E-state index contributed by atoms with van der Waals surface area (Å²) in [6.07, 6.45) is 18.8. The number of benzene rings is 2.